The third kappa shape index (κ3) is 2.88. The largest absolute Gasteiger partial charge is 0.493 e. The van der Waals surface area contributed by atoms with Crippen molar-refractivity contribution in [2.24, 2.45) is 7.05 Å². The monoisotopic (exact) mass is 349 g/mol. The zero-order chi connectivity index (χ0) is 18.1. The molecule has 0 saturated heterocycles. The van der Waals surface area contributed by atoms with E-state index in [2.05, 4.69) is 27.4 Å². The van der Waals surface area contributed by atoms with Crippen LogP contribution in [0.4, 0.5) is 0 Å². The van der Waals surface area contributed by atoms with E-state index in [0.29, 0.717) is 17.9 Å². The lowest BCUT2D eigenvalue weighted by Crippen LogP contribution is -1.96. The maximum Gasteiger partial charge on any atom is 0.161 e. The topological polar surface area (TPSA) is 77.9 Å². The number of hydrogen-bond donors (Lipinski definition) is 1. The molecule has 26 heavy (non-hydrogen) atoms. The van der Waals surface area contributed by atoms with Gasteiger partial charge in [-0.05, 0) is 35.9 Å². The quantitative estimate of drug-likeness (QED) is 0.599. The summed E-state index contributed by atoms with van der Waals surface area (Å²) in [7, 11) is 5.13. The van der Waals surface area contributed by atoms with Crippen LogP contribution in [-0.2, 0) is 13.5 Å². The summed E-state index contributed by atoms with van der Waals surface area (Å²) in [6.45, 7) is 0. The van der Waals surface area contributed by atoms with Gasteiger partial charge in [-0.2, -0.15) is 10.2 Å². The number of fused-ring (bicyclic) bond motifs is 1. The van der Waals surface area contributed by atoms with Gasteiger partial charge in [-0.25, -0.2) is 9.67 Å². The Labute approximate surface area is 150 Å². The van der Waals surface area contributed by atoms with Gasteiger partial charge in [0.15, 0.2) is 23.1 Å². The third-order valence-corrected chi connectivity index (χ3v) is 4.32. The fraction of sp³-hybridized carbons (Fsp3) is 0.211. The molecule has 0 aliphatic carbocycles. The molecule has 0 aliphatic rings. The minimum atomic E-state index is 0.655. The number of aryl methyl sites for hydroxylation is 1. The van der Waals surface area contributed by atoms with Crippen LogP contribution in [0.1, 0.15) is 11.4 Å². The van der Waals surface area contributed by atoms with Crippen LogP contribution in [0.25, 0.3) is 22.3 Å². The smallest absolute Gasteiger partial charge is 0.161 e. The molecule has 2 aromatic heterocycles. The van der Waals surface area contributed by atoms with E-state index in [0.717, 1.165) is 33.7 Å². The van der Waals surface area contributed by atoms with Crippen molar-refractivity contribution in [3.63, 3.8) is 0 Å². The summed E-state index contributed by atoms with van der Waals surface area (Å²) in [5.74, 6) is 2.90. The van der Waals surface area contributed by atoms with Crippen molar-refractivity contribution in [1.29, 1.82) is 0 Å². The Balaban J connectivity index is 1.64. The SMILES string of the molecule is COc1ccc(-c2nc(Cc3ccc4[nH]ncc4c3)nn2C)cc1OC. The van der Waals surface area contributed by atoms with Gasteiger partial charge in [0.05, 0.1) is 25.9 Å². The predicted molar refractivity (Wildman–Crippen MR) is 98.4 cm³/mol. The number of benzene rings is 2. The molecule has 0 amide bonds. The van der Waals surface area contributed by atoms with Gasteiger partial charge in [0.25, 0.3) is 0 Å². The first-order valence-corrected chi connectivity index (χ1v) is 8.22. The Morgan fingerprint density at radius 2 is 1.88 bits per heavy atom. The molecular formula is C19H19N5O2. The van der Waals surface area contributed by atoms with Crippen molar-refractivity contribution in [2.75, 3.05) is 14.2 Å². The first-order valence-electron chi connectivity index (χ1n) is 8.22. The molecule has 4 rings (SSSR count). The molecule has 0 spiro atoms. The highest BCUT2D eigenvalue weighted by Crippen LogP contribution is 2.31. The molecule has 0 fully saturated rings. The molecule has 2 aromatic carbocycles. The van der Waals surface area contributed by atoms with Crippen molar-refractivity contribution in [1.82, 2.24) is 25.0 Å². The Hall–Kier alpha value is -3.35. The molecule has 7 heteroatoms. The van der Waals surface area contributed by atoms with Crippen molar-refractivity contribution in [3.8, 4) is 22.9 Å². The van der Waals surface area contributed by atoms with E-state index in [1.165, 1.54) is 0 Å². The highest BCUT2D eigenvalue weighted by molar-refractivity contribution is 5.78. The van der Waals surface area contributed by atoms with E-state index in [4.69, 9.17) is 14.5 Å². The summed E-state index contributed by atoms with van der Waals surface area (Å²) < 4.78 is 12.5. The van der Waals surface area contributed by atoms with Crippen molar-refractivity contribution >= 4 is 10.9 Å². The van der Waals surface area contributed by atoms with E-state index >= 15 is 0 Å². The van der Waals surface area contributed by atoms with Crippen LogP contribution in [0.3, 0.4) is 0 Å². The van der Waals surface area contributed by atoms with Gasteiger partial charge in [0.2, 0.25) is 0 Å². The molecule has 7 nitrogen and oxygen atoms in total. The molecule has 2 heterocycles. The average molecular weight is 349 g/mol. The van der Waals surface area contributed by atoms with Crippen LogP contribution in [0, 0.1) is 0 Å². The lowest BCUT2D eigenvalue weighted by Gasteiger charge is -2.08. The standard InChI is InChI=1S/C19H19N5O2/c1-24-19(13-5-7-16(25-2)17(10-13)26-3)21-18(23-24)9-12-4-6-15-14(8-12)11-20-22-15/h4-8,10-11H,9H2,1-3H3,(H,20,22). The van der Waals surface area contributed by atoms with Gasteiger partial charge in [-0.3, -0.25) is 5.10 Å². The maximum absolute atomic E-state index is 5.38. The number of methoxy groups -OCH3 is 2. The second kappa shape index (κ2) is 6.51. The minimum absolute atomic E-state index is 0.655. The van der Waals surface area contributed by atoms with Crippen molar-refractivity contribution in [2.45, 2.75) is 6.42 Å². The van der Waals surface area contributed by atoms with Gasteiger partial charge in [-0.15, -0.1) is 0 Å². The molecule has 1 N–H and O–H groups in total. The molecule has 4 aromatic rings. The van der Waals surface area contributed by atoms with E-state index in [-0.39, 0.29) is 0 Å². The predicted octanol–water partition coefficient (Wildman–Crippen LogP) is 2.97. The number of aromatic nitrogens is 5. The molecule has 0 atom stereocenters. The maximum atomic E-state index is 5.38. The average Bonchev–Trinajstić information content (AvgIpc) is 3.27. The summed E-state index contributed by atoms with van der Waals surface area (Å²) in [5, 5.41) is 12.7. The number of rotatable bonds is 5. The van der Waals surface area contributed by atoms with E-state index in [9.17, 15) is 0 Å². The first-order chi connectivity index (χ1) is 12.7. The van der Waals surface area contributed by atoms with Gasteiger partial charge in [-0.1, -0.05) is 6.07 Å². The summed E-state index contributed by atoms with van der Waals surface area (Å²) in [6.07, 6.45) is 2.47. The Kier molecular flexibility index (Phi) is 4.04. The fourth-order valence-corrected chi connectivity index (χ4v) is 3.02. The molecule has 132 valence electrons. The molecular weight excluding hydrogens is 330 g/mol. The zero-order valence-corrected chi connectivity index (χ0v) is 14.9. The normalized spacial score (nSPS) is 11.0. The Bertz CT molecular complexity index is 1070. The third-order valence-electron chi connectivity index (χ3n) is 4.32. The fourth-order valence-electron chi connectivity index (χ4n) is 3.02. The Morgan fingerprint density at radius 3 is 2.69 bits per heavy atom. The first kappa shape index (κ1) is 16.1. The van der Waals surface area contributed by atoms with Gasteiger partial charge in [0.1, 0.15) is 0 Å². The molecule has 0 bridgehead atoms. The van der Waals surface area contributed by atoms with Crippen LogP contribution in [0.15, 0.2) is 42.6 Å². The summed E-state index contributed by atoms with van der Waals surface area (Å²) in [4.78, 5) is 4.71. The number of hydrogen-bond acceptors (Lipinski definition) is 5. The number of nitrogens with one attached hydrogen (secondary N) is 1. The lowest BCUT2D eigenvalue weighted by molar-refractivity contribution is 0.355. The number of ether oxygens (including phenoxy) is 2. The highest BCUT2D eigenvalue weighted by Gasteiger charge is 2.13. The number of aromatic amines is 1. The van der Waals surface area contributed by atoms with Crippen LogP contribution >= 0.6 is 0 Å². The molecule has 0 aliphatic heterocycles. The highest BCUT2D eigenvalue weighted by atomic mass is 16.5. The minimum Gasteiger partial charge on any atom is -0.493 e. The van der Waals surface area contributed by atoms with E-state index in [1.54, 1.807) is 18.9 Å². The zero-order valence-electron chi connectivity index (χ0n) is 14.9. The Morgan fingerprint density at radius 1 is 1.04 bits per heavy atom. The summed E-state index contributed by atoms with van der Waals surface area (Å²) in [6, 6.07) is 11.9. The number of nitrogens with zero attached hydrogens (tertiary/aromatic N) is 4. The van der Waals surface area contributed by atoms with Gasteiger partial charge in [0, 0.05) is 24.4 Å². The van der Waals surface area contributed by atoms with Crippen molar-refractivity contribution in [3.05, 3.63) is 54.0 Å². The van der Waals surface area contributed by atoms with E-state index < -0.39 is 0 Å². The van der Waals surface area contributed by atoms with Crippen LogP contribution in [0.5, 0.6) is 11.5 Å². The van der Waals surface area contributed by atoms with Crippen molar-refractivity contribution < 1.29 is 9.47 Å². The molecule has 0 saturated carbocycles. The van der Waals surface area contributed by atoms with Crippen LogP contribution in [-0.4, -0.2) is 39.2 Å². The summed E-state index contributed by atoms with van der Waals surface area (Å²) in [5.41, 5.74) is 3.09. The van der Waals surface area contributed by atoms with Crippen LogP contribution < -0.4 is 9.47 Å². The summed E-state index contributed by atoms with van der Waals surface area (Å²) >= 11 is 0. The lowest BCUT2D eigenvalue weighted by atomic mass is 10.1. The van der Waals surface area contributed by atoms with Gasteiger partial charge >= 0.3 is 0 Å². The van der Waals surface area contributed by atoms with Gasteiger partial charge < -0.3 is 9.47 Å². The van der Waals surface area contributed by atoms with Crippen LogP contribution in [0.2, 0.25) is 0 Å². The molecule has 0 radical (unpaired) electrons. The van der Waals surface area contributed by atoms with E-state index in [1.807, 2.05) is 37.5 Å². The molecule has 0 unspecified atom stereocenters. The number of H-pyrrole nitrogens is 1. The second-order valence-corrected chi connectivity index (χ2v) is 6.01. The second-order valence-electron chi connectivity index (χ2n) is 6.01.